The lowest BCUT2D eigenvalue weighted by Gasteiger charge is -1.84. The van der Waals surface area contributed by atoms with Gasteiger partial charge < -0.3 is 10.7 Å². The van der Waals surface area contributed by atoms with Gasteiger partial charge in [-0.2, -0.15) is 0 Å². The van der Waals surface area contributed by atoms with Gasteiger partial charge in [0, 0.05) is 0 Å². The Morgan fingerprint density at radius 3 is 2.83 bits per heavy atom. The van der Waals surface area contributed by atoms with E-state index >= 15 is 0 Å². The summed E-state index contributed by atoms with van der Waals surface area (Å²) in [6.45, 7) is 0. The summed E-state index contributed by atoms with van der Waals surface area (Å²) in [4.78, 5) is 26.4. The lowest BCUT2D eigenvalue weighted by molar-refractivity contribution is 1.09. The van der Waals surface area contributed by atoms with E-state index in [4.69, 9.17) is 5.73 Å². The van der Waals surface area contributed by atoms with Crippen molar-refractivity contribution in [3.8, 4) is 0 Å². The molecule has 0 aliphatic rings. The second kappa shape index (κ2) is 2.21. The molecular weight excluding hydrogens is 178 g/mol. The van der Waals surface area contributed by atoms with Crippen molar-refractivity contribution in [1.82, 2.24) is 9.97 Å². The summed E-state index contributed by atoms with van der Waals surface area (Å²) in [5.41, 5.74) is 5.04. The zero-order valence-electron chi connectivity index (χ0n) is 5.88. The zero-order valence-corrected chi connectivity index (χ0v) is 6.70. The predicted octanol–water partition coefficient (Wildman–Crippen LogP) is -0.140. The number of H-pyrrole nitrogens is 2. The average Bonchev–Trinajstić information content (AvgIpc) is 2.29. The Morgan fingerprint density at radius 2 is 2.08 bits per heavy atom. The molecule has 0 bridgehead atoms. The Bertz CT molecular complexity index is 535. The fourth-order valence-electron chi connectivity index (χ4n) is 0.985. The molecule has 12 heavy (non-hydrogen) atoms. The Labute approximate surface area is 69.9 Å². The smallest absolute Gasteiger partial charge is 0.326 e. The molecule has 0 amide bonds. The second-order valence-electron chi connectivity index (χ2n) is 2.30. The summed E-state index contributed by atoms with van der Waals surface area (Å²) in [6.07, 6.45) is 0. The van der Waals surface area contributed by atoms with Crippen molar-refractivity contribution in [2.24, 2.45) is 0 Å². The highest BCUT2D eigenvalue weighted by Gasteiger charge is 2.03. The molecule has 0 saturated heterocycles. The van der Waals surface area contributed by atoms with Gasteiger partial charge in [0.1, 0.15) is 4.70 Å². The third kappa shape index (κ3) is 0.928. The van der Waals surface area contributed by atoms with E-state index in [0.717, 1.165) is 11.3 Å². The molecule has 6 heteroatoms. The maximum absolute atomic E-state index is 11.1. The van der Waals surface area contributed by atoms with E-state index in [1.54, 1.807) is 6.07 Å². The van der Waals surface area contributed by atoms with Crippen molar-refractivity contribution in [3.05, 3.63) is 26.9 Å². The molecule has 0 unspecified atom stereocenters. The number of aromatic nitrogens is 2. The first kappa shape index (κ1) is 7.11. The zero-order chi connectivity index (χ0) is 8.72. The predicted molar refractivity (Wildman–Crippen MR) is 47.5 cm³/mol. The van der Waals surface area contributed by atoms with Gasteiger partial charge in [0.15, 0.2) is 0 Å². The number of aromatic amines is 2. The van der Waals surface area contributed by atoms with Crippen LogP contribution >= 0.6 is 11.3 Å². The first-order valence-corrected chi connectivity index (χ1v) is 4.00. The number of thiophene rings is 1. The number of nitrogens with one attached hydrogen (secondary N) is 2. The molecule has 0 aliphatic carbocycles. The standard InChI is InChI=1S/C6H5N3O2S/c7-3-1-2-4(12-3)5(10)9-6(11)8-2/h1H,7H2,(H2,8,9,10,11). The van der Waals surface area contributed by atoms with Gasteiger partial charge in [-0.25, -0.2) is 4.79 Å². The fourth-order valence-corrected chi connectivity index (χ4v) is 1.76. The molecule has 5 nitrogen and oxygen atoms in total. The van der Waals surface area contributed by atoms with Crippen LogP contribution in [-0.2, 0) is 0 Å². The molecule has 2 heterocycles. The molecule has 2 aromatic rings. The Balaban J connectivity index is 3.08. The highest BCUT2D eigenvalue weighted by molar-refractivity contribution is 7.22. The van der Waals surface area contributed by atoms with Gasteiger partial charge in [-0.15, -0.1) is 11.3 Å². The van der Waals surface area contributed by atoms with Crippen LogP contribution in [0.15, 0.2) is 15.7 Å². The van der Waals surface area contributed by atoms with Gasteiger partial charge in [-0.1, -0.05) is 0 Å². The van der Waals surface area contributed by atoms with E-state index in [1.807, 2.05) is 0 Å². The minimum absolute atomic E-state index is 0.393. The summed E-state index contributed by atoms with van der Waals surface area (Å²) in [5.74, 6) is 0. The number of anilines is 1. The molecule has 0 radical (unpaired) electrons. The quantitative estimate of drug-likeness (QED) is 0.530. The molecule has 0 aromatic carbocycles. The third-order valence-electron chi connectivity index (χ3n) is 1.43. The fraction of sp³-hybridized carbons (Fsp3) is 0. The van der Waals surface area contributed by atoms with E-state index in [-0.39, 0.29) is 0 Å². The molecule has 0 atom stereocenters. The molecule has 2 rings (SSSR count). The highest BCUT2D eigenvalue weighted by Crippen LogP contribution is 2.20. The molecular formula is C6H5N3O2S. The van der Waals surface area contributed by atoms with Crippen LogP contribution in [0.3, 0.4) is 0 Å². The molecule has 0 aliphatic heterocycles. The average molecular weight is 183 g/mol. The number of fused-ring (bicyclic) bond motifs is 1. The summed E-state index contributed by atoms with van der Waals surface area (Å²) >= 11 is 1.15. The van der Waals surface area contributed by atoms with E-state index in [0.29, 0.717) is 15.2 Å². The Hall–Kier alpha value is -1.56. The van der Waals surface area contributed by atoms with Crippen LogP contribution in [0.25, 0.3) is 10.2 Å². The van der Waals surface area contributed by atoms with Gasteiger partial charge in [-0.3, -0.25) is 9.78 Å². The lowest BCUT2D eigenvalue weighted by atomic mass is 10.5. The van der Waals surface area contributed by atoms with Crippen LogP contribution in [-0.4, -0.2) is 9.97 Å². The van der Waals surface area contributed by atoms with Crippen LogP contribution in [0.2, 0.25) is 0 Å². The van der Waals surface area contributed by atoms with Crippen LogP contribution < -0.4 is 17.0 Å². The minimum Gasteiger partial charge on any atom is -0.391 e. The SMILES string of the molecule is Nc1cc2[nH]c(=O)[nH]c(=O)c2s1. The molecule has 2 aromatic heterocycles. The maximum atomic E-state index is 11.1. The van der Waals surface area contributed by atoms with Crippen LogP contribution in [0, 0.1) is 0 Å². The monoisotopic (exact) mass is 183 g/mol. The van der Waals surface area contributed by atoms with Gasteiger partial charge in [0.2, 0.25) is 0 Å². The summed E-state index contributed by atoms with van der Waals surface area (Å²) in [7, 11) is 0. The second-order valence-corrected chi connectivity index (χ2v) is 3.38. The van der Waals surface area contributed by atoms with Crippen molar-refractivity contribution < 1.29 is 0 Å². The van der Waals surface area contributed by atoms with Crippen molar-refractivity contribution in [2.45, 2.75) is 0 Å². The number of rotatable bonds is 0. The normalized spacial score (nSPS) is 10.7. The maximum Gasteiger partial charge on any atom is 0.326 e. The van der Waals surface area contributed by atoms with Crippen LogP contribution in [0.5, 0.6) is 0 Å². The molecule has 0 spiro atoms. The molecule has 0 saturated carbocycles. The molecule has 0 fully saturated rings. The summed E-state index contributed by atoms with van der Waals surface area (Å²) in [5, 5.41) is 0.511. The van der Waals surface area contributed by atoms with E-state index < -0.39 is 11.2 Å². The topological polar surface area (TPSA) is 91.7 Å². The van der Waals surface area contributed by atoms with Crippen LogP contribution in [0.1, 0.15) is 0 Å². The van der Waals surface area contributed by atoms with Crippen molar-refractivity contribution in [1.29, 1.82) is 0 Å². The summed E-state index contributed by atoms with van der Waals surface area (Å²) in [6, 6.07) is 1.57. The number of hydrogen-bond donors (Lipinski definition) is 3. The van der Waals surface area contributed by atoms with Gasteiger partial charge >= 0.3 is 5.69 Å². The van der Waals surface area contributed by atoms with E-state index in [9.17, 15) is 9.59 Å². The summed E-state index contributed by atoms with van der Waals surface area (Å²) < 4.78 is 0.451. The molecule has 4 N–H and O–H groups in total. The lowest BCUT2D eigenvalue weighted by Crippen LogP contribution is -2.20. The minimum atomic E-state index is -0.509. The van der Waals surface area contributed by atoms with Crippen molar-refractivity contribution >= 4 is 26.6 Å². The highest BCUT2D eigenvalue weighted by atomic mass is 32.1. The third-order valence-corrected chi connectivity index (χ3v) is 2.40. The van der Waals surface area contributed by atoms with Gasteiger partial charge in [-0.05, 0) is 6.07 Å². The number of hydrogen-bond acceptors (Lipinski definition) is 4. The van der Waals surface area contributed by atoms with Gasteiger partial charge in [0.05, 0.1) is 10.5 Å². The van der Waals surface area contributed by atoms with Crippen molar-refractivity contribution in [3.63, 3.8) is 0 Å². The van der Waals surface area contributed by atoms with E-state index in [1.165, 1.54) is 0 Å². The van der Waals surface area contributed by atoms with Crippen LogP contribution in [0.4, 0.5) is 5.00 Å². The number of nitrogen functional groups attached to an aromatic ring is 1. The first-order valence-electron chi connectivity index (χ1n) is 3.18. The largest absolute Gasteiger partial charge is 0.391 e. The van der Waals surface area contributed by atoms with Crippen molar-refractivity contribution in [2.75, 3.05) is 5.73 Å². The van der Waals surface area contributed by atoms with E-state index in [2.05, 4.69) is 9.97 Å². The Morgan fingerprint density at radius 1 is 1.33 bits per heavy atom. The Kier molecular flexibility index (Phi) is 1.31. The molecule has 62 valence electrons. The van der Waals surface area contributed by atoms with Gasteiger partial charge in [0.25, 0.3) is 5.56 Å². The first-order chi connectivity index (χ1) is 5.66. The number of nitrogens with two attached hydrogens (primary N) is 1.